The summed E-state index contributed by atoms with van der Waals surface area (Å²) in [6, 6.07) is 14.6. The first-order valence-electron chi connectivity index (χ1n) is 7.48. The topological polar surface area (TPSA) is 70.6 Å². The lowest BCUT2D eigenvalue weighted by Gasteiger charge is -2.12. The number of hydrogen-bond donors (Lipinski definition) is 2. The molecule has 2 N–H and O–H groups in total. The highest BCUT2D eigenvalue weighted by atomic mass is 32.2. The minimum atomic E-state index is -3.33. The number of benzene rings is 2. The van der Waals surface area contributed by atoms with E-state index in [0.29, 0.717) is 17.4 Å². The van der Waals surface area contributed by atoms with Gasteiger partial charge in [-0.25, -0.2) is 12.8 Å². The number of nitrogens with one attached hydrogen (secondary N) is 2. The highest BCUT2D eigenvalue weighted by Gasteiger charge is 2.13. The molecule has 0 aliphatic carbocycles. The predicted molar refractivity (Wildman–Crippen MR) is 93.1 cm³/mol. The van der Waals surface area contributed by atoms with Gasteiger partial charge in [0.05, 0.1) is 10.6 Å². The van der Waals surface area contributed by atoms with Crippen LogP contribution in [0.25, 0.3) is 0 Å². The van der Waals surface area contributed by atoms with Gasteiger partial charge >= 0.3 is 0 Å². The molecule has 2 aromatic rings. The van der Waals surface area contributed by atoms with Crippen LogP contribution in [-0.4, -0.2) is 33.7 Å². The van der Waals surface area contributed by atoms with Crippen molar-refractivity contribution in [1.82, 2.24) is 10.6 Å². The van der Waals surface area contributed by atoms with Crippen LogP contribution in [-0.2, 0) is 16.4 Å². The zero-order chi connectivity index (χ0) is 17.4. The summed E-state index contributed by atoms with van der Waals surface area (Å²) in [5.74, 6) is 0.117. The fourth-order valence-corrected chi connectivity index (χ4v) is 3.28. The molecule has 128 valence electrons. The number of sulfone groups is 1. The number of rotatable bonds is 6. The number of guanidine groups is 1. The Hall–Kier alpha value is -2.41. The largest absolute Gasteiger partial charge is 0.355 e. The Labute approximate surface area is 141 Å². The Morgan fingerprint density at radius 2 is 1.83 bits per heavy atom. The molecule has 0 heterocycles. The fourth-order valence-electron chi connectivity index (χ4n) is 2.10. The van der Waals surface area contributed by atoms with Gasteiger partial charge in [0.2, 0.25) is 0 Å². The smallest absolute Gasteiger partial charge is 0.191 e. The van der Waals surface area contributed by atoms with E-state index in [4.69, 9.17) is 0 Å². The summed E-state index contributed by atoms with van der Waals surface area (Å²) in [6.07, 6.45) is 0. The summed E-state index contributed by atoms with van der Waals surface area (Å²) in [5, 5.41) is 5.96. The molecular weight excluding hydrogens is 329 g/mol. The van der Waals surface area contributed by atoms with Crippen molar-refractivity contribution in [2.45, 2.75) is 11.4 Å². The summed E-state index contributed by atoms with van der Waals surface area (Å²) < 4.78 is 37.5. The van der Waals surface area contributed by atoms with Crippen molar-refractivity contribution in [3.63, 3.8) is 0 Å². The van der Waals surface area contributed by atoms with Crippen LogP contribution in [0.4, 0.5) is 4.39 Å². The average Bonchev–Trinajstić information content (AvgIpc) is 2.58. The first-order chi connectivity index (χ1) is 11.5. The molecule has 0 aliphatic heterocycles. The van der Waals surface area contributed by atoms with E-state index in [2.05, 4.69) is 15.6 Å². The molecule has 2 rings (SSSR count). The van der Waals surface area contributed by atoms with E-state index in [1.807, 2.05) is 0 Å². The Morgan fingerprint density at radius 3 is 2.50 bits per heavy atom. The van der Waals surface area contributed by atoms with Gasteiger partial charge in [-0.05, 0) is 29.8 Å². The Bertz CT molecular complexity index is 792. The second-order valence-corrected chi connectivity index (χ2v) is 7.22. The van der Waals surface area contributed by atoms with Crippen LogP contribution in [0.3, 0.4) is 0 Å². The van der Waals surface area contributed by atoms with Gasteiger partial charge < -0.3 is 10.6 Å². The third kappa shape index (κ3) is 5.34. The minimum absolute atomic E-state index is 0.0440. The number of aliphatic imine (C=N–C) groups is 1. The molecule has 7 heteroatoms. The highest BCUT2D eigenvalue weighted by Crippen LogP contribution is 2.09. The van der Waals surface area contributed by atoms with Gasteiger partial charge in [-0.15, -0.1) is 0 Å². The van der Waals surface area contributed by atoms with Crippen LogP contribution in [0.2, 0.25) is 0 Å². The summed E-state index contributed by atoms with van der Waals surface area (Å²) in [5.41, 5.74) is 0.773. The lowest BCUT2D eigenvalue weighted by Crippen LogP contribution is -2.39. The molecular formula is C17H20FN3O2S. The molecule has 0 saturated heterocycles. The van der Waals surface area contributed by atoms with E-state index < -0.39 is 9.84 Å². The van der Waals surface area contributed by atoms with E-state index >= 15 is 0 Å². The van der Waals surface area contributed by atoms with E-state index in [0.717, 1.165) is 5.56 Å². The van der Waals surface area contributed by atoms with Gasteiger partial charge in [-0.3, -0.25) is 4.99 Å². The van der Waals surface area contributed by atoms with Crippen molar-refractivity contribution in [3.8, 4) is 0 Å². The Balaban J connectivity index is 1.84. The number of nitrogens with zero attached hydrogens (tertiary/aromatic N) is 1. The van der Waals surface area contributed by atoms with Crippen molar-refractivity contribution in [1.29, 1.82) is 0 Å². The van der Waals surface area contributed by atoms with E-state index in [1.165, 1.54) is 12.1 Å². The second kappa shape index (κ2) is 8.44. The molecule has 5 nitrogen and oxygen atoms in total. The van der Waals surface area contributed by atoms with E-state index in [-0.39, 0.29) is 18.1 Å². The maximum atomic E-state index is 13.1. The molecule has 0 radical (unpaired) electrons. The zero-order valence-electron chi connectivity index (χ0n) is 13.4. The molecule has 2 aromatic carbocycles. The van der Waals surface area contributed by atoms with Gasteiger partial charge in [-0.2, -0.15) is 0 Å². The van der Waals surface area contributed by atoms with Crippen molar-refractivity contribution >= 4 is 15.8 Å². The quantitative estimate of drug-likeness (QED) is 0.618. The van der Waals surface area contributed by atoms with Crippen LogP contribution < -0.4 is 10.6 Å². The third-order valence-corrected chi connectivity index (χ3v) is 5.07. The fraction of sp³-hybridized carbons (Fsp3) is 0.235. The van der Waals surface area contributed by atoms with Crippen molar-refractivity contribution in [2.24, 2.45) is 4.99 Å². The molecule has 0 unspecified atom stereocenters. The van der Waals surface area contributed by atoms with Crippen molar-refractivity contribution in [2.75, 3.05) is 19.3 Å². The normalized spacial score (nSPS) is 12.0. The summed E-state index contributed by atoms with van der Waals surface area (Å²) in [4.78, 5) is 4.32. The predicted octanol–water partition coefficient (Wildman–Crippen LogP) is 1.96. The standard InChI is InChI=1S/C17H20FN3O2S/c1-19-17(21-13-14-6-5-7-15(18)12-14)20-10-11-24(22,23)16-8-3-2-4-9-16/h2-9,12H,10-11,13H2,1H3,(H2,19,20,21). The van der Waals surface area contributed by atoms with Crippen LogP contribution >= 0.6 is 0 Å². The molecule has 0 fully saturated rings. The molecule has 0 bridgehead atoms. The summed E-state index contributed by atoms with van der Waals surface area (Å²) in [7, 11) is -1.74. The van der Waals surface area contributed by atoms with Crippen LogP contribution in [0, 0.1) is 5.82 Å². The van der Waals surface area contributed by atoms with Crippen LogP contribution in [0.5, 0.6) is 0 Å². The van der Waals surface area contributed by atoms with E-state index in [1.54, 1.807) is 49.5 Å². The van der Waals surface area contributed by atoms with Gasteiger partial charge in [0.15, 0.2) is 15.8 Å². The van der Waals surface area contributed by atoms with Gasteiger partial charge in [0.1, 0.15) is 5.82 Å². The Kier molecular flexibility index (Phi) is 6.31. The lowest BCUT2D eigenvalue weighted by atomic mass is 10.2. The van der Waals surface area contributed by atoms with Crippen molar-refractivity contribution < 1.29 is 12.8 Å². The monoisotopic (exact) mass is 349 g/mol. The lowest BCUT2D eigenvalue weighted by molar-refractivity contribution is 0.594. The van der Waals surface area contributed by atoms with Crippen molar-refractivity contribution in [3.05, 3.63) is 66.0 Å². The second-order valence-electron chi connectivity index (χ2n) is 5.11. The first kappa shape index (κ1) is 17.9. The van der Waals surface area contributed by atoms with Crippen LogP contribution in [0.1, 0.15) is 5.56 Å². The molecule has 24 heavy (non-hydrogen) atoms. The molecule has 0 aromatic heterocycles. The molecule has 0 spiro atoms. The SMILES string of the molecule is CN=C(NCCS(=O)(=O)c1ccccc1)NCc1cccc(F)c1. The highest BCUT2D eigenvalue weighted by molar-refractivity contribution is 7.91. The van der Waals surface area contributed by atoms with Gasteiger partial charge in [0, 0.05) is 20.1 Å². The molecule has 0 aliphatic rings. The maximum absolute atomic E-state index is 13.1. The molecule has 0 saturated carbocycles. The minimum Gasteiger partial charge on any atom is -0.355 e. The molecule has 0 atom stereocenters. The van der Waals surface area contributed by atoms with Gasteiger partial charge in [0.25, 0.3) is 0 Å². The number of hydrogen-bond acceptors (Lipinski definition) is 3. The molecule has 0 amide bonds. The zero-order valence-corrected chi connectivity index (χ0v) is 14.2. The summed E-state index contributed by atoms with van der Waals surface area (Å²) >= 11 is 0. The maximum Gasteiger partial charge on any atom is 0.191 e. The first-order valence-corrected chi connectivity index (χ1v) is 9.13. The Morgan fingerprint density at radius 1 is 1.08 bits per heavy atom. The number of halogens is 1. The van der Waals surface area contributed by atoms with E-state index in [9.17, 15) is 12.8 Å². The third-order valence-electron chi connectivity index (χ3n) is 3.34. The summed E-state index contributed by atoms with van der Waals surface area (Å²) in [6.45, 7) is 0.614. The van der Waals surface area contributed by atoms with Gasteiger partial charge in [-0.1, -0.05) is 30.3 Å². The average molecular weight is 349 g/mol. The van der Waals surface area contributed by atoms with Crippen LogP contribution in [0.15, 0.2) is 64.5 Å².